The maximum absolute atomic E-state index is 12.6. The van der Waals surface area contributed by atoms with Gasteiger partial charge in [0.2, 0.25) is 0 Å². The molecule has 2 aliphatic heterocycles. The highest BCUT2D eigenvalue weighted by Crippen LogP contribution is 2.49. The molecule has 0 aromatic heterocycles. The van der Waals surface area contributed by atoms with Gasteiger partial charge < -0.3 is 15.2 Å². The van der Waals surface area contributed by atoms with Crippen molar-refractivity contribution < 1.29 is 24.2 Å². The summed E-state index contributed by atoms with van der Waals surface area (Å²) in [5, 5.41) is 13.7. The third kappa shape index (κ3) is 2.01. The van der Waals surface area contributed by atoms with Crippen LogP contribution >= 0.6 is 11.6 Å². The molecule has 1 unspecified atom stereocenters. The van der Waals surface area contributed by atoms with Gasteiger partial charge in [0.05, 0.1) is 0 Å². The molecule has 6 nitrogen and oxygen atoms in total. The molecule has 4 rings (SSSR count). The summed E-state index contributed by atoms with van der Waals surface area (Å²) in [7, 11) is 0. The molecular formula is C18H10ClNO5. The molecule has 25 heavy (non-hydrogen) atoms. The summed E-state index contributed by atoms with van der Waals surface area (Å²) in [5.74, 6) is -3.45. The molecule has 1 fully saturated rings. The second-order valence-corrected chi connectivity index (χ2v) is 6.07. The predicted octanol–water partition coefficient (Wildman–Crippen LogP) is 2.58. The number of esters is 1. The van der Waals surface area contributed by atoms with Crippen molar-refractivity contribution in [2.45, 2.75) is 5.60 Å². The second-order valence-electron chi connectivity index (χ2n) is 5.63. The van der Waals surface area contributed by atoms with Crippen molar-refractivity contribution in [2.24, 2.45) is 0 Å². The van der Waals surface area contributed by atoms with Crippen LogP contribution in [-0.2, 0) is 24.7 Å². The summed E-state index contributed by atoms with van der Waals surface area (Å²) in [6, 6.07) is 12.5. The van der Waals surface area contributed by atoms with E-state index in [4.69, 9.17) is 16.3 Å². The number of nitrogens with one attached hydrogen (secondary N) is 1. The average molecular weight is 356 g/mol. The first-order chi connectivity index (χ1) is 11.9. The highest BCUT2D eigenvalue weighted by atomic mass is 35.5. The summed E-state index contributed by atoms with van der Waals surface area (Å²) in [4.78, 5) is 37.0. The molecule has 0 saturated carbocycles. The van der Waals surface area contributed by atoms with E-state index < -0.39 is 34.6 Å². The van der Waals surface area contributed by atoms with Crippen molar-refractivity contribution in [3.05, 3.63) is 70.3 Å². The van der Waals surface area contributed by atoms with Crippen LogP contribution in [0.2, 0.25) is 5.02 Å². The molecule has 0 aliphatic carbocycles. The lowest BCUT2D eigenvalue weighted by Crippen LogP contribution is -2.36. The van der Waals surface area contributed by atoms with Crippen LogP contribution in [0.3, 0.4) is 0 Å². The van der Waals surface area contributed by atoms with Crippen LogP contribution in [0, 0.1) is 0 Å². The first-order valence-corrected chi connectivity index (χ1v) is 7.71. The molecule has 2 N–H and O–H groups in total. The molecule has 2 heterocycles. The van der Waals surface area contributed by atoms with E-state index in [0.29, 0.717) is 16.3 Å². The molecule has 2 aromatic rings. The number of amides is 1. The quantitative estimate of drug-likeness (QED) is 0.355. The van der Waals surface area contributed by atoms with Crippen molar-refractivity contribution in [2.75, 3.05) is 5.32 Å². The summed E-state index contributed by atoms with van der Waals surface area (Å²) in [5.41, 5.74) is -1.44. The smallest absolute Gasteiger partial charge is 0.381 e. The first-order valence-electron chi connectivity index (χ1n) is 7.33. The Bertz CT molecular complexity index is 979. The van der Waals surface area contributed by atoms with Crippen molar-refractivity contribution >= 4 is 40.7 Å². The molecule has 1 spiro atoms. The number of benzene rings is 2. The van der Waals surface area contributed by atoms with E-state index in [1.54, 1.807) is 24.3 Å². The number of aliphatic hydroxyl groups is 1. The van der Waals surface area contributed by atoms with E-state index in [1.165, 1.54) is 24.3 Å². The van der Waals surface area contributed by atoms with Gasteiger partial charge in [-0.3, -0.25) is 9.59 Å². The summed E-state index contributed by atoms with van der Waals surface area (Å²) in [6.45, 7) is 0. The number of carbonyl (C=O) groups excluding carboxylic acids is 3. The van der Waals surface area contributed by atoms with E-state index in [0.717, 1.165) is 0 Å². The third-order valence-electron chi connectivity index (χ3n) is 4.24. The molecule has 2 aromatic carbocycles. The number of aliphatic hydroxyl groups excluding tert-OH is 1. The number of ketones is 1. The zero-order valence-corrected chi connectivity index (χ0v) is 13.3. The Hall–Kier alpha value is -3.12. The zero-order chi connectivity index (χ0) is 17.8. The van der Waals surface area contributed by atoms with Gasteiger partial charge in [-0.2, -0.15) is 0 Å². The van der Waals surface area contributed by atoms with Gasteiger partial charge in [0.1, 0.15) is 11.3 Å². The SMILES string of the molecule is O=C1OC2(C(=O)Nc3ccccc32)/C(=C(\O)c2ccc(Cl)cc2)C1=O. The summed E-state index contributed by atoms with van der Waals surface area (Å²) < 4.78 is 5.20. The molecule has 124 valence electrons. The van der Waals surface area contributed by atoms with Gasteiger partial charge in [0, 0.05) is 21.8 Å². The number of fused-ring (bicyclic) bond motifs is 2. The highest BCUT2D eigenvalue weighted by Gasteiger charge is 2.63. The van der Waals surface area contributed by atoms with Crippen molar-refractivity contribution in [3.8, 4) is 0 Å². The number of ether oxygens (including phenoxy) is 1. The van der Waals surface area contributed by atoms with Crippen molar-refractivity contribution in [1.29, 1.82) is 0 Å². The fourth-order valence-electron chi connectivity index (χ4n) is 3.11. The number of anilines is 1. The normalized spacial score (nSPS) is 23.5. The number of hydrogen-bond donors (Lipinski definition) is 2. The van der Waals surface area contributed by atoms with Gasteiger partial charge in [-0.05, 0) is 30.3 Å². The maximum Gasteiger partial charge on any atom is 0.381 e. The Morgan fingerprint density at radius 1 is 1.04 bits per heavy atom. The lowest BCUT2D eigenvalue weighted by Gasteiger charge is -2.21. The molecule has 0 radical (unpaired) electrons. The summed E-state index contributed by atoms with van der Waals surface area (Å²) in [6.07, 6.45) is 0. The minimum Gasteiger partial charge on any atom is -0.507 e. The molecule has 1 saturated heterocycles. The van der Waals surface area contributed by atoms with Crippen LogP contribution in [0.5, 0.6) is 0 Å². The maximum atomic E-state index is 12.6. The minimum absolute atomic E-state index is 0.239. The Morgan fingerprint density at radius 2 is 1.72 bits per heavy atom. The lowest BCUT2D eigenvalue weighted by atomic mass is 9.85. The van der Waals surface area contributed by atoms with Gasteiger partial charge in [0.15, 0.2) is 0 Å². The molecule has 2 aliphatic rings. The van der Waals surface area contributed by atoms with Crippen molar-refractivity contribution in [1.82, 2.24) is 0 Å². The van der Waals surface area contributed by atoms with Crippen LogP contribution in [0.4, 0.5) is 5.69 Å². The third-order valence-corrected chi connectivity index (χ3v) is 4.49. The van der Waals surface area contributed by atoms with Crippen LogP contribution in [0.1, 0.15) is 11.1 Å². The first kappa shape index (κ1) is 15.4. The number of para-hydroxylation sites is 1. The number of carbonyl (C=O) groups is 3. The van der Waals surface area contributed by atoms with Gasteiger partial charge in [-0.1, -0.05) is 29.8 Å². The Balaban J connectivity index is 2.01. The fraction of sp³-hybridized carbons (Fsp3) is 0.0556. The molecular weight excluding hydrogens is 346 g/mol. The number of halogens is 1. The zero-order valence-electron chi connectivity index (χ0n) is 12.6. The van der Waals surface area contributed by atoms with Gasteiger partial charge in [-0.25, -0.2) is 4.79 Å². The highest BCUT2D eigenvalue weighted by molar-refractivity contribution is 6.47. The van der Waals surface area contributed by atoms with Gasteiger partial charge >= 0.3 is 5.97 Å². The Labute approximate surface area is 146 Å². The van der Waals surface area contributed by atoms with E-state index in [1.807, 2.05) is 0 Å². The largest absolute Gasteiger partial charge is 0.507 e. The second kappa shape index (κ2) is 5.19. The van der Waals surface area contributed by atoms with E-state index in [-0.39, 0.29) is 5.56 Å². The van der Waals surface area contributed by atoms with Crippen LogP contribution < -0.4 is 5.32 Å². The standard InChI is InChI=1S/C18H10ClNO5/c19-10-7-5-9(6-8-10)14(21)13-15(22)16(23)25-18(13)11-3-1-2-4-12(11)20-17(18)24/h1-8,21H,(H,20,24)/b14-13-. The van der Waals surface area contributed by atoms with Crippen LogP contribution in [-0.4, -0.2) is 22.8 Å². The van der Waals surface area contributed by atoms with Crippen molar-refractivity contribution in [3.63, 3.8) is 0 Å². The van der Waals surface area contributed by atoms with Gasteiger partial charge in [-0.15, -0.1) is 0 Å². The van der Waals surface area contributed by atoms with Gasteiger partial charge in [0.25, 0.3) is 17.3 Å². The molecule has 1 amide bonds. The van der Waals surface area contributed by atoms with Crippen LogP contribution in [0.15, 0.2) is 54.1 Å². The molecule has 7 heteroatoms. The van der Waals surface area contributed by atoms with E-state index >= 15 is 0 Å². The number of hydrogen-bond acceptors (Lipinski definition) is 5. The fourth-order valence-corrected chi connectivity index (χ4v) is 3.23. The summed E-state index contributed by atoms with van der Waals surface area (Å²) >= 11 is 5.83. The Morgan fingerprint density at radius 3 is 2.44 bits per heavy atom. The topological polar surface area (TPSA) is 92.7 Å². The average Bonchev–Trinajstić information content (AvgIpc) is 3.03. The molecule has 0 bridgehead atoms. The van der Waals surface area contributed by atoms with Crippen LogP contribution in [0.25, 0.3) is 5.76 Å². The number of rotatable bonds is 1. The van der Waals surface area contributed by atoms with E-state index in [2.05, 4.69) is 5.32 Å². The Kier molecular flexibility index (Phi) is 3.20. The minimum atomic E-state index is -1.99. The lowest BCUT2D eigenvalue weighted by molar-refractivity contribution is -0.157. The predicted molar refractivity (Wildman–Crippen MR) is 88.8 cm³/mol. The number of Topliss-reactive ketones (excluding diaryl/α,β-unsaturated/α-hetero) is 1. The van der Waals surface area contributed by atoms with E-state index in [9.17, 15) is 19.5 Å². The molecule has 1 atom stereocenters. The monoisotopic (exact) mass is 355 g/mol.